The van der Waals surface area contributed by atoms with Crippen molar-refractivity contribution in [2.24, 2.45) is 0 Å². The van der Waals surface area contributed by atoms with Crippen molar-refractivity contribution in [3.63, 3.8) is 0 Å². The number of hydrogen-bond donors (Lipinski definition) is 2. The van der Waals surface area contributed by atoms with E-state index < -0.39 is 21.9 Å². The molecule has 1 saturated heterocycles. The third kappa shape index (κ3) is 3.09. The molecule has 10 heteroatoms. The number of fused-ring (bicyclic) bond motifs is 1. The van der Waals surface area contributed by atoms with Crippen molar-refractivity contribution < 1.29 is 17.9 Å². The van der Waals surface area contributed by atoms with Crippen LogP contribution >= 0.6 is 33.9 Å². The van der Waals surface area contributed by atoms with Gasteiger partial charge in [-0.15, -0.1) is 0 Å². The van der Waals surface area contributed by atoms with Crippen molar-refractivity contribution in [1.29, 1.82) is 0 Å². The van der Waals surface area contributed by atoms with Gasteiger partial charge in [-0.3, -0.25) is 0 Å². The Morgan fingerprint density at radius 3 is 2.81 bits per heavy atom. The second kappa shape index (κ2) is 6.68. The zero-order chi connectivity index (χ0) is 18.5. The van der Waals surface area contributed by atoms with Gasteiger partial charge < -0.3 is 10.4 Å². The quantitative estimate of drug-likeness (QED) is 0.533. The summed E-state index contributed by atoms with van der Waals surface area (Å²) < 4.78 is 42.3. The predicted molar refractivity (Wildman–Crippen MR) is 107 cm³/mol. The Balaban J connectivity index is 1.84. The minimum Gasteiger partial charge on any atom is -0.390 e. The number of halogens is 2. The van der Waals surface area contributed by atoms with Gasteiger partial charge in [0.25, 0.3) is 0 Å². The standard InChI is InChI=1S/C16H13FIN3O3S2/c17-12-6-9(18)3-4-13(12)20-16-14(11-2-1-5-19-15(11)25-16)26(23,24)21-7-10(22)8-21/h1-6,10,20,22H,7-8H2. The number of benzene rings is 1. The first-order chi connectivity index (χ1) is 12.4. The Labute approximate surface area is 166 Å². The lowest BCUT2D eigenvalue weighted by atomic mass is 10.2. The van der Waals surface area contributed by atoms with Gasteiger partial charge in [0, 0.05) is 28.2 Å². The van der Waals surface area contributed by atoms with Gasteiger partial charge >= 0.3 is 0 Å². The van der Waals surface area contributed by atoms with E-state index >= 15 is 0 Å². The van der Waals surface area contributed by atoms with Gasteiger partial charge in [0.1, 0.15) is 20.5 Å². The molecule has 3 aromatic rings. The minimum atomic E-state index is -3.83. The number of rotatable bonds is 4. The Kier molecular flexibility index (Phi) is 4.63. The van der Waals surface area contributed by atoms with Crippen LogP contribution in [-0.4, -0.2) is 42.0 Å². The largest absolute Gasteiger partial charge is 0.390 e. The molecule has 3 heterocycles. The molecular weight excluding hydrogens is 492 g/mol. The fourth-order valence-corrected chi connectivity index (χ4v) is 6.34. The maximum Gasteiger partial charge on any atom is 0.246 e. The van der Waals surface area contributed by atoms with Gasteiger partial charge in [-0.2, -0.15) is 4.31 Å². The van der Waals surface area contributed by atoms with Crippen molar-refractivity contribution in [2.75, 3.05) is 18.4 Å². The number of aromatic nitrogens is 1. The molecule has 1 fully saturated rings. The zero-order valence-electron chi connectivity index (χ0n) is 13.2. The monoisotopic (exact) mass is 505 g/mol. The van der Waals surface area contributed by atoms with E-state index in [4.69, 9.17) is 0 Å². The van der Waals surface area contributed by atoms with Crippen LogP contribution in [0.5, 0.6) is 0 Å². The maximum absolute atomic E-state index is 14.2. The van der Waals surface area contributed by atoms with Gasteiger partial charge in [0.05, 0.1) is 11.8 Å². The normalized spacial score (nSPS) is 16.0. The molecule has 6 nitrogen and oxygen atoms in total. The summed E-state index contributed by atoms with van der Waals surface area (Å²) in [4.78, 5) is 4.83. The van der Waals surface area contributed by atoms with Crippen molar-refractivity contribution in [2.45, 2.75) is 11.0 Å². The highest BCUT2D eigenvalue weighted by atomic mass is 127. The molecule has 0 aliphatic carbocycles. The van der Waals surface area contributed by atoms with Crippen LogP contribution in [0.15, 0.2) is 41.4 Å². The van der Waals surface area contributed by atoms with Crippen LogP contribution in [0.25, 0.3) is 10.2 Å². The lowest BCUT2D eigenvalue weighted by Gasteiger charge is -2.34. The molecule has 0 amide bonds. The summed E-state index contributed by atoms with van der Waals surface area (Å²) in [7, 11) is -3.83. The van der Waals surface area contributed by atoms with Crippen molar-refractivity contribution in [3.05, 3.63) is 45.9 Å². The Morgan fingerprint density at radius 2 is 2.12 bits per heavy atom. The first kappa shape index (κ1) is 18.0. The summed E-state index contributed by atoms with van der Waals surface area (Å²) in [6.07, 6.45) is 0.926. The van der Waals surface area contributed by atoms with E-state index in [9.17, 15) is 17.9 Å². The molecule has 1 aliphatic rings. The Morgan fingerprint density at radius 1 is 1.35 bits per heavy atom. The van der Waals surface area contributed by atoms with E-state index in [0.717, 1.165) is 14.9 Å². The van der Waals surface area contributed by atoms with Crippen LogP contribution in [0.3, 0.4) is 0 Å². The summed E-state index contributed by atoms with van der Waals surface area (Å²) in [6.45, 7) is 0.106. The van der Waals surface area contributed by atoms with E-state index in [0.29, 0.717) is 15.2 Å². The van der Waals surface area contributed by atoms with Crippen LogP contribution in [-0.2, 0) is 10.0 Å². The van der Waals surface area contributed by atoms with Crippen molar-refractivity contribution >= 4 is 64.9 Å². The van der Waals surface area contributed by atoms with E-state index in [2.05, 4.69) is 10.3 Å². The first-order valence-corrected chi connectivity index (χ1v) is 11.0. The molecule has 136 valence electrons. The van der Waals surface area contributed by atoms with Gasteiger partial charge in [-0.05, 0) is 52.9 Å². The summed E-state index contributed by atoms with van der Waals surface area (Å²) >= 11 is 3.16. The van der Waals surface area contributed by atoms with E-state index in [-0.39, 0.29) is 23.7 Å². The van der Waals surface area contributed by atoms with Gasteiger partial charge in [-0.1, -0.05) is 11.3 Å². The van der Waals surface area contributed by atoms with Crippen LogP contribution in [0.4, 0.5) is 15.1 Å². The molecule has 4 rings (SSSR count). The third-order valence-corrected chi connectivity index (χ3v) is 7.77. The lowest BCUT2D eigenvalue weighted by molar-refractivity contribution is 0.0548. The molecule has 0 radical (unpaired) electrons. The molecular formula is C16H13FIN3O3S2. The lowest BCUT2D eigenvalue weighted by Crippen LogP contribution is -2.53. The average Bonchev–Trinajstić information content (AvgIpc) is 2.93. The van der Waals surface area contributed by atoms with Crippen LogP contribution in [0.1, 0.15) is 0 Å². The molecule has 0 spiro atoms. The highest BCUT2D eigenvalue weighted by Gasteiger charge is 2.39. The number of hydrogen-bond acceptors (Lipinski definition) is 6. The first-order valence-electron chi connectivity index (χ1n) is 7.64. The topological polar surface area (TPSA) is 82.5 Å². The fraction of sp³-hybridized carbons (Fsp3) is 0.188. The number of anilines is 2. The number of nitrogens with zero attached hydrogens (tertiary/aromatic N) is 2. The predicted octanol–water partition coefficient (Wildman–Crippen LogP) is 3.15. The summed E-state index contributed by atoms with van der Waals surface area (Å²) in [5.41, 5.74) is 0.192. The molecule has 0 unspecified atom stereocenters. The molecule has 0 bridgehead atoms. The highest BCUT2D eigenvalue weighted by Crippen LogP contribution is 2.42. The number of pyridine rings is 1. The minimum absolute atomic E-state index is 0.0528. The Hall–Kier alpha value is -1.34. The molecule has 1 aliphatic heterocycles. The number of β-amino-alcohol motifs (C(OH)–C–C–N with tert-alkyl or cyclic N) is 1. The molecule has 2 N–H and O–H groups in total. The number of aliphatic hydroxyl groups excluding tert-OH is 1. The van der Waals surface area contributed by atoms with Gasteiger partial charge in [0.15, 0.2) is 0 Å². The Bertz CT molecular complexity index is 1100. The molecule has 1 aromatic carbocycles. The molecule has 0 saturated carbocycles. The number of aliphatic hydroxyl groups is 1. The summed E-state index contributed by atoms with van der Waals surface area (Å²) in [5, 5.41) is 13.2. The number of nitrogens with one attached hydrogen (secondary N) is 1. The van der Waals surface area contributed by atoms with Crippen molar-refractivity contribution in [1.82, 2.24) is 9.29 Å². The van der Waals surface area contributed by atoms with Gasteiger partial charge in [-0.25, -0.2) is 17.8 Å². The number of sulfonamides is 1. The van der Waals surface area contributed by atoms with Crippen molar-refractivity contribution in [3.8, 4) is 0 Å². The molecule has 26 heavy (non-hydrogen) atoms. The molecule has 2 aromatic heterocycles. The fourth-order valence-electron chi connectivity index (χ4n) is 2.70. The second-order valence-electron chi connectivity index (χ2n) is 5.84. The molecule has 0 atom stereocenters. The van der Waals surface area contributed by atoms with E-state index in [1.165, 1.54) is 10.4 Å². The maximum atomic E-state index is 14.2. The average molecular weight is 505 g/mol. The SMILES string of the molecule is O=S(=O)(c1c(Nc2ccc(I)cc2F)sc2ncccc12)N1CC(O)C1. The van der Waals surface area contributed by atoms with Gasteiger partial charge in [0.2, 0.25) is 10.0 Å². The second-order valence-corrected chi connectivity index (χ2v) is 9.96. The smallest absolute Gasteiger partial charge is 0.246 e. The number of thiophene rings is 1. The van der Waals surface area contributed by atoms with E-state index in [1.54, 1.807) is 30.5 Å². The zero-order valence-corrected chi connectivity index (χ0v) is 17.0. The van der Waals surface area contributed by atoms with Crippen LogP contribution in [0, 0.1) is 9.39 Å². The van der Waals surface area contributed by atoms with Crippen LogP contribution in [0.2, 0.25) is 0 Å². The summed E-state index contributed by atoms with van der Waals surface area (Å²) in [6, 6.07) is 8.01. The van der Waals surface area contributed by atoms with E-state index in [1.807, 2.05) is 22.6 Å². The highest BCUT2D eigenvalue weighted by molar-refractivity contribution is 14.1. The van der Waals surface area contributed by atoms with Crippen LogP contribution < -0.4 is 5.32 Å². The summed E-state index contributed by atoms with van der Waals surface area (Å²) in [5.74, 6) is -0.468. The third-order valence-electron chi connectivity index (χ3n) is 4.03.